The highest BCUT2D eigenvalue weighted by molar-refractivity contribution is 14.1. The van der Waals surface area contributed by atoms with Gasteiger partial charge in [-0.1, -0.05) is 0 Å². The minimum atomic E-state index is 0.111. The summed E-state index contributed by atoms with van der Waals surface area (Å²) in [5.74, 6) is 1.74. The fourth-order valence-electron chi connectivity index (χ4n) is 2.38. The molecule has 0 aliphatic carbocycles. The first kappa shape index (κ1) is 14.1. The maximum absolute atomic E-state index is 5.71. The molecule has 6 heteroatoms. The summed E-state index contributed by atoms with van der Waals surface area (Å²) in [5, 5.41) is 0. The summed E-state index contributed by atoms with van der Waals surface area (Å²) in [6.07, 6.45) is 6.42. The molecule has 3 rings (SSSR count). The Balaban J connectivity index is 1.93. The van der Waals surface area contributed by atoms with Gasteiger partial charge >= 0.3 is 0 Å². The summed E-state index contributed by atoms with van der Waals surface area (Å²) in [6, 6.07) is 0. The number of ether oxygens (including phenoxy) is 2. The first-order valence-electron chi connectivity index (χ1n) is 6.93. The monoisotopic (exact) mass is 387 g/mol. The predicted octanol–water partition coefficient (Wildman–Crippen LogP) is 3.02. The van der Waals surface area contributed by atoms with Crippen LogP contribution in [-0.2, 0) is 4.74 Å². The number of hydrogen-bond acceptors (Lipinski definition) is 4. The molecular formula is C14H18IN3O2. The van der Waals surface area contributed by atoms with E-state index in [0.717, 1.165) is 35.3 Å². The van der Waals surface area contributed by atoms with Gasteiger partial charge < -0.3 is 9.47 Å². The topological polar surface area (TPSA) is 48.7 Å². The maximum Gasteiger partial charge on any atom is 0.237 e. The van der Waals surface area contributed by atoms with E-state index in [4.69, 9.17) is 9.47 Å². The van der Waals surface area contributed by atoms with Crippen molar-refractivity contribution in [3.05, 3.63) is 21.7 Å². The van der Waals surface area contributed by atoms with Gasteiger partial charge in [0.1, 0.15) is 0 Å². The zero-order valence-electron chi connectivity index (χ0n) is 11.7. The Bertz CT molecular complexity index is 606. The molecule has 0 bridgehead atoms. The van der Waals surface area contributed by atoms with Crippen molar-refractivity contribution in [3.63, 3.8) is 0 Å². The Morgan fingerprint density at radius 1 is 1.40 bits per heavy atom. The molecule has 0 spiro atoms. The molecule has 1 aliphatic rings. The van der Waals surface area contributed by atoms with E-state index in [0.29, 0.717) is 17.6 Å². The van der Waals surface area contributed by atoms with E-state index in [1.807, 2.05) is 24.4 Å². The Morgan fingerprint density at radius 3 is 2.95 bits per heavy atom. The van der Waals surface area contributed by atoms with Crippen LogP contribution in [0.15, 0.2) is 12.4 Å². The zero-order valence-corrected chi connectivity index (χ0v) is 13.8. The minimum absolute atomic E-state index is 0.111. The van der Waals surface area contributed by atoms with Gasteiger partial charge in [-0.2, -0.15) is 4.98 Å². The molecule has 2 aromatic rings. The largest absolute Gasteiger partial charge is 0.474 e. The second kappa shape index (κ2) is 5.85. The van der Waals surface area contributed by atoms with Crippen LogP contribution in [-0.4, -0.2) is 33.7 Å². The number of nitrogens with zero attached hydrogens (tertiary/aromatic N) is 3. The van der Waals surface area contributed by atoms with Crippen molar-refractivity contribution in [2.75, 3.05) is 13.2 Å². The molecule has 1 atom stereocenters. The molecule has 0 amide bonds. The second-order valence-corrected chi connectivity index (χ2v) is 6.51. The van der Waals surface area contributed by atoms with Crippen molar-refractivity contribution >= 4 is 28.4 Å². The Hall–Kier alpha value is -0.890. The summed E-state index contributed by atoms with van der Waals surface area (Å²) >= 11 is 2.24. The third-order valence-electron chi connectivity index (χ3n) is 3.32. The molecule has 108 valence electrons. The molecular weight excluding hydrogens is 369 g/mol. The lowest BCUT2D eigenvalue weighted by Crippen LogP contribution is -2.15. The molecule has 0 N–H and O–H groups in total. The van der Waals surface area contributed by atoms with E-state index in [1.54, 1.807) is 0 Å². The van der Waals surface area contributed by atoms with Crippen LogP contribution in [0, 0.1) is 3.57 Å². The van der Waals surface area contributed by atoms with Gasteiger partial charge in [-0.05, 0) is 49.3 Å². The van der Waals surface area contributed by atoms with Crippen LogP contribution in [0.4, 0.5) is 0 Å². The standard InChI is InChI=1S/C14H18IN3O2/c1-9(2)20-13-11(15)6-18-7-12(16-14(18)17-13)10-4-3-5-19-8-10/h6-7,9-10H,3-5,8H2,1-2H3. The molecule has 1 unspecified atom stereocenters. The van der Waals surface area contributed by atoms with E-state index in [1.165, 1.54) is 0 Å². The first-order valence-corrected chi connectivity index (χ1v) is 8.01. The summed E-state index contributed by atoms with van der Waals surface area (Å²) in [6.45, 7) is 5.62. The zero-order chi connectivity index (χ0) is 14.1. The van der Waals surface area contributed by atoms with Gasteiger partial charge in [0.15, 0.2) is 0 Å². The van der Waals surface area contributed by atoms with Crippen molar-refractivity contribution in [1.29, 1.82) is 0 Å². The smallest absolute Gasteiger partial charge is 0.237 e. The first-order chi connectivity index (χ1) is 9.63. The fourth-order valence-corrected chi connectivity index (χ4v) is 2.93. The van der Waals surface area contributed by atoms with Crippen LogP contribution >= 0.6 is 22.6 Å². The second-order valence-electron chi connectivity index (χ2n) is 5.35. The lowest BCUT2D eigenvalue weighted by molar-refractivity contribution is 0.0794. The quantitative estimate of drug-likeness (QED) is 0.760. The molecule has 1 aliphatic heterocycles. The Morgan fingerprint density at radius 2 is 2.25 bits per heavy atom. The van der Waals surface area contributed by atoms with E-state index >= 15 is 0 Å². The van der Waals surface area contributed by atoms with Crippen LogP contribution < -0.4 is 4.74 Å². The summed E-state index contributed by atoms with van der Waals surface area (Å²) in [5.41, 5.74) is 1.06. The van der Waals surface area contributed by atoms with Gasteiger partial charge in [-0.25, -0.2) is 4.98 Å². The van der Waals surface area contributed by atoms with Gasteiger partial charge in [0, 0.05) is 24.9 Å². The highest BCUT2D eigenvalue weighted by atomic mass is 127. The minimum Gasteiger partial charge on any atom is -0.474 e. The molecule has 20 heavy (non-hydrogen) atoms. The lowest BCUT2D eigenvalue weighted by atomic mass is 9.99. The summed E-state index contributed by atoms with van der Waals surface area (Å²) < 4.78 is 14.2. The molecule has 0 saturated carbocycles. The van der Waals surface area contributed by atoms with E-state index in [-0.39, 0.29) is 6.10 Å². The van der Waals surface area contributed by atoms with Crippen LogP contribution in [0.2, 0.25) is 0 Å². The highest BCUT2D eigenvalue weighted by Crippen LogP contribution is 2.26. The molecule has 2 aromatic heterocycles. The average Bonchev–Trinajstić information content (AvgIpc) is 2.82. The van der Waals surface area contributed by atoms with E-state index in [2.05, 4.69) is 38.8 Å². The molecule has 0 radical (unpaired) electrons. The number of hydrogen-bond donors (Lipinski definition) is 0. The predicted molar refractivity (Wildman–Crippen MR) is 84.3 cm³/mol. The molecule has 3 heterocycles. The van der Waals surface area contributed by atoms with Crippen molar-refractivity contribution in [3.8, 4) is 5.88 Å². The van der Waals surface area contributed by atoms with Crippen molar-refractivity contribution in [1.82, 2.24) is 14.4 Å². The Labute approximate surface area is 131 Å². The van der Waals surface area contributed by atoms with E-state index < -0.39 is 0 Å². The Kier molecular flexibility index (Phi) is 4.11. The third kappa shape index (κ3) is 2.90. The number of halogens is 1. The lowest BCUT2D eigenvalue weighted by Gasteiger charge is -2.19. The maximum atomic E-state index is 5.71. The fraction of sp³-hybridized carbons (Fsp3) is 0.571. The van der Waals surface area contributed by atoms with Gasteiger partial charge in [0.2, 0.25) is 11.7 Å². The molecule has 1 fully saturated rings. The summed E-state index contributed by atoms with van der Waals surface area (Å²) in [4.78, 5) is 9.15. The normalized spacial score (nSPS) is 19.7. The van der Waals surface area contributed by atoms with E-state index in [9.17, 15) is 0 Å². The number of rotatable bonds is 3. The summed E-state index contributed by atoms with van der Waals surface area (Å²) in [7, 11) is 0. The van der Waals surface area contributed by atoms with Crippen molar-refractivity contribution in [2.24, 2.45) is 0 Å². The SMILES string of the molecule is CC(C)Oc1nc2nc(C3CCCOC3)cn2cc1I. The highest BCUT2D eigenvalue weighted by Gasteiger charge is 2.20. The van der Waals surface area contributed by atoms with Crippen molar-refractivity contribution < 1.29 is 9.47 Å². The molecule has 0 aromatic carbocycles. The van der Waals surface area contributed by atoms with Gasteiger partial charge in [-0.3, -0.25) is 4.40 Å². The number of imidazole rings is 1. The van der Waals surface area contributed by atoms with Gasteiger partial charge in [-0.15, -0.1) is 0 Å². The molecule has 5 nitrogen and oxygen atoms in total. The number of fused-ring (bicyclic) bond motifs is 1. The van der Waals surface area contributed by atoms with Crippen LogP contribution in [0.3, 0.4) is 0 Å². The third-order valence-corrected chi connectivity index (χ3v) is 4.06. The van der Waals surface area contributed by atoms with Crippen molar-refractivity contribution in [2.45, 2.75) is 38.7 Å². The van der Waals surface area contributed by atoms with Crippen LogP contribution in [0.5, 0.6) is 5.88 Å². The molecule has 1 saturated heterocycles. The van der Waals surface area contributed by atoms with Gasteiger partial charge in [0.05, 0.1) is 22.0 Å². The van der Waals surface area contributed by atoms with Crippen LogP contribution in [0.1, 0.15) is 38.3 Å². The van der Waals surface area contributed by atoms with Gasteiger partial charge in [0.25, 0.3) is 0 Å². The average molecular weight is 387 g/mol. The van der Waals surface area contributed by atoms with Crippen LogP contribution in [0.25, 0.3) is 5.78 Å². The number of aromatic nitrogens is 3.